The van der Waals surface area contributed by atoms with E-state index in [4.69, 9.17) is 5.11 Å². The average Bonchev–Trinajstić information content (AvgIpc) is 2.68. The van der Waals surface area contributed by atoms with Gasteiger partial charge in [-0.1, -0.05) is 0 Å². The number of carbonyl (C=O) groups is 1. The quantitative estimate of drug-likeness (QED) is 0.916. The number of thioether (sulfide) groups is 1. The molecule has 0 aliphatic heterocycles. The highest BCUT2D eigenvalue weighted by Crippen LogP contribution is 2.18. The van der Waals surface area contributed by atoms with Gasteiger partial charge >= 0.3 is 5.97 Å². The van der Waals surface area contributed by atoms with Gasteiger partial charge in [0.1, 0.15) is 0 Å². The molecule has 96 valence electrons. The molecular weight excluding hydrogens is 250 g/mol. The molecule has 0 amide bonds. The van der Waals surface area contributed by atoms with Crippen LogP contribution in [0.4, 0.5) is 0 Å². The Kier molecular flexibility index (Phi) is 3.56. The second-order valence-corrected chi connectivity index (χ2v) is 5.56. The number of aliphatic carboxylic acids is 1. The largest absolute Gasteiger partial charge is 0.480 e. The Morgan fingerprint density at radius 3 is 2.89 bits per heavy atom. The van der Waals surface area contributed by atoms with Crippen LogP contribution < -0.4 is 0 Å². The third-order valence-electron chi connectivity index (χ3n) is 2.64. The second-order valence-electron chi connectivity index (χ2n) is 4.23. The minimum absolute atomic E-state index is 0.425. The first-order chi connectivity index (χ1) is 8.47. The number of aryl methyl sites for hydroxylation is 2. The van der Waals surface area contributed by atoms with Crippen molar-refractivity contribution in [1.29, 1.82) is 0 Å². The molecule has 0 saturated heterocycles. The monoisotopic (exact) mass is 265 g/mol. The minimum Gasteiger partial charge on any atom is -0.480 e. The predicted octanol–water partition coefficient (Wildman–Crippen LogP) is 2.05. The van der Waals surface area contributed by atoms with Crippen LogP contribution >= 0.6 is 11.8 Å². The molecule has 2 aromatic rings. The van der Waals surface area contributed by atoms with E-state index in [0.717, 1.165) is 17.1 Å². The van der Waals surface area contributed by atoms with E-state index in [0.29, 0.717) is 11.5 Å². The summed E-state index contributed by atoms with van der Waals surface area (Å²) in [5.41, 5.74) is 2.87. The summed E-state index contributed by atoms with van der Waals surface area (Å²) in [4.78, 5) is 19.5. The Bertz CT molecular complexity index is 594. The summed E-state index contributed by atoms with van der Waals surface area (Å²) in [6.45, 7) is 5.61. The smallest absolute Gasteiger partial charge is 0.316 e. The third-order valence-corrected chi connectivity index (χ3v) is 3.80. The summed E-state index contributed by atoms with van der Waals surface area (Å²) in [5, 5.41) is 8.40. The van der Waals surface area contributed by atoms with Crippen molar-refractivity contribution in [3.05, 3.63) is 29.3 Å². The molecule has 1 atom stereocenters. The van der Waals surface area contributed by atoms with Gasteiger partial charge in [0.05, 0.1) is 10.9 Å². The van der Waals surface area contributed by atoms with Crippen molar-refractivity contribution in [2.45, 2.75) is 31.8 Å². The molecule has 5 nitrogen and oxygen atoms in total. The lowest BCUT2D eigenvalue weighted by atomic mass is 10.3. The first kappa shape index (κ1) is 12.9. The summed E-state index contributed by atoms with van der Waals surface area (Å²) in [6.07, 6.45) is 1.92. The number of nitrogens with zero attached hydrogens (tertiary/aromatic N) is 3. The fourth-order valence-electron chi connectivity index (χ4n) is 1.67. The molecule has 2 heterocycles. The van der Waals surface area contributed by atoms with Crippen LogP contribution in [0.25, 0.3) is 5.78 Å². The summed E-state index contributed by atoms with van der Waals surface area (Å²) >= 11 is 1.36. The Hall–Kier alpha value is -1.56. The molecule has 0 saturated carbocycles. The average molecular weight is 265 g/mol. The number of imidazole rings is 1. The van der Waals surface area contributed by atoms with Crippen LogP contribution in [0.5, 0.6) is 0 Å². The van der Waals surface area contributed by atoms with Crippen molar-refractivity contribution >= 4 is 23.5 Å². The van der Waals surface area contributed by atoms with Gasteiger partial charge < -0.3 is 5.11 Å². The van der Waals surface area contributed by atoms with E-state index in [1.165, 1.54) is 11.8 Å². The van der Waals surface area contributed by atoms with Gasteiger partial charge in [-0.15, -0.1) is 11.8 Å². The Balaban J connectivity index is 2.20. The number of carboxylic acids is 1. The van der Waals surface area contributed by atoms with Crippen LogP contribution in [0.2, 0.25) is 0 Å². The Labute approximate surface area is 109 Å². The summed E-state index contributed by atoms with van der Waals surface area (Å²) in [6, 6.07) is 1.99. The topological polar surface area (TPSA) is 67.5 Å². The first-order valence-electron chi connectivity index (χ1n) is 5.64. The Morgan fingerprint density at radius 1 is 1.50 bits per heavy atom. The van der Waals surface area contributed by atoms with Crippen LogP contribution in [0.15, 0.2) is 12.3 Å². The van der Waals surface area contributed by atoms with E-state index in [9.17, 15) is 4.79 Å². The number of fused-ring (bicyclic) bond motifs is 1. The lowest BCUT2D eigenvalue weighted by molar-refractivity contribution is -0.136. The zero-order valence-electron chi connectivity index (χ0n) is 10.5. The van der Waals surface area contributed by atoms with Crippen molar-refractivity contribution in [3.8, 4) is 0 Å². The molecule has 0 aromatic carbocycles. The highest BCUT2D eigenvalue weighted by Gasteiger charge is 2.13. The molecule has 1 N–H and O–H groups in total. The molecule has 0 unspecified atom stereocenters. The molecule has 0 radical (unpaired) electrons. The second kappa shape index (κ2) is 4.97. The fourth-order valence-corrected chi connectivity index (χ4v) is 2.37. The van der Waals surface area contributed by atoms with Gasteiger partial charge in [-0.05, 0) is 26.8 Å². The van der Waals surface area contributed by atoms with Crippen molar-refractivity contribution in [1.82, 2.24) is 14.4 Å². The van der Waals surface area contributed by atoms with Crippen LogP contribution in [0, 0.1) is 13.8 Å². The Morgan fingerprint density at radius 2 is 2.22 bits per heavy atom. The van der Waals surface area contributed by atoms with Gasteiger partial charge in [-0.3, -0.25) is 9.20 Å². The van der Waals surface area contributed by atoms with Gasteiger partial charge in [-0.2, -0.15) is 0 Å². The highest BCUT2D eigenvalue weighted by atomic mass is 32.2. The van der Waals surface area contributed by atoms with E-state index >= 15 is 0 Å². The molecular formula is C12H15N3O2S. The zero-order valence-corrected chi connectivity index (χ0v) is 11.4. The van der Waals surface area contributed by atoms with Gasteiger partial charge in [0.15, 0.2) is 0 Å². The molecule has 0 aliphatic carbocycles. The third kappa shape index (κ3) is 2.64. The van der Waals surface area contributed by atoms with Gasteiger partial charge in [0.25, 0.3) is 0 Å². The summed E-state index contributed by atoms with van der Waals surface area (Å²) in [7, 11) is 0. The van der Waals surface area contributed by atoms with Crippen LogP contribution in [-0.4, -0.2) is 30.7 Å². The SMILES string of the molecule is Cc1cc(C)n2cc(CS[C@@H](C)C(=O)O)nc2n1. The molecule has 0 aliphatic rings. The molecule has 0 spiro atoms. The van der Waals surface area contributed by atoms with Gasteiger partial charge in [0, 0.05) is 23.3 Å². The maximum atomic E-state index is 10.7. The minimum atomic E-state index is -0.797. The van der Waals surface area contributed by atoms with E-state index in [2.05, 4.69) is 9.97 Å². The first-order valence-corrected chi connectivity index (χ1v) is 6.69. The molecule has 2 rings (SSSR count). The standard InChI is InChI=1S/C12H15N3O2S/c1-7-4-8(2)15-5-10(14-12(15)13-7)6-18-9(3)11(16)17/h4-5,9H,6H2,1-3H3,(H,16,17)/t9-/m0/s1. The lowest BCUT2D eigenvalue weighted by Gasteiger charge is -2.02. The fraction of sp³-hybridized carbons (Fsp3) is 0.417. The highest BCUT2D eigenvalue weighted by molar-refractivity contribution is 7.99. The predicted molar refractivity (Wildman–Crippen MR) is 70.9 cm³/mol. The number of carboxylic acid groups (broad SMARTS) is 1. The summed E-state index contributed by atoms with van der Waals surface area (Å²) < 4.78 is 1.92. The molecule has 0 fully saturated rings. The van der Waals surface area contributed by atoms with E-state index < -0.39 is 11.2 Å². The lowest BCUT2D eigenvalue weighted by Crippen LogP contribution is -2.11. The van der Waals surface area contributed by atoms with E-state index in [1.807, 2.05) is 30.5 Å². The van der Waals surface area contributed by atoms with Gasteiger partial charge in [-0.25, -0.2) is 9.97 Å². The molecule has 6 heteroatoms. The van der Waals surface area contributed by atoms with E-state index in [1.54, 1.807) is 6.92 Å². The molecule has 2 aromatic heterocycles. The van der Waals surface area contributed by atoms with Crippen molar-refractivity contribution in [2.75, 3.05) is 0 Å². The van der Waals surface area contributed by atoms with Crippen LogP contribution in [0.1, 0.15) is 24.0 Å². The molecule has 0 bridgehead atoms. The number of hydrogen-bond acceptors (Lipinski definition) is 4. The van der Waals surface area contributed by atoms with Crippen molar-refractivity contribution < 1.29 is 9.90 Å². The summed E-state index contributed by atoms with van der Waals surface area (Å²) in [5.74, 6) is 0.454. The van der Waals surface area contributed by atoms with Crippen LogP contribution in [-0.2, 0) is 10.5 Å². The molecule has 18 heavy (non-hydrogen) atoms. The number of hydrogen-bond donors (Lipinski definition) is 1. The van der Waals surface area contributed by atoms with Crippen molar-refractivity contribution in [3.63, 3.8) is 0 Å². The van der Waals surface area contributed by atoms with E-state index in [-0.39, 0.29) is 0 Å². The number of rotatable bonds is 4. The maximum Gasteiger partial charge on any atom is 0.316 e. The zero-order chi connectivity index (χ0) is 13.3. The number of aromatic nitrogens is 3. The normalized spacial score (nSPS) is 12.8. The van der Waals surface area contributed by atoms with Gasteiger partial charge in [0.2, 0.25) is 5.78 Å². The maximum absolute atomic E-state index is 10.7. The van der Waals surface area contributed by atoms with Crippen molar-refractivity contribution in [2.24, 2.45) is 0 Å². The van der Waals surface area contributed by atoms with Crippen LogP contribution in [0.3, 0.4) is 0 Å².